The second-order valence-electron chi connectivity index (χ2n) is 10.0. The Morgan fingerprint density at radius 2 is 1.82 bits per heavy atom. The van der Waals surface area contributed by atoms with E-state index < -0.39 is 0 Å². The Kier molecular flexibility index (Phi) is 8.59. The molecule has 0 aliphatic carbocycles. The lowest BCUT2D eigenvalue weighted by atomic mass is 10.0. The third-order valence-electron chi connectivity index (χ3n) is 7.50. The molecule has 8 heteroatoms. The van der Waals surface area contributed by atoms with Crippen LogP contribution in [-0.4, -0.2) is 83.2 Å². The number of likely N-dealkylation sites (tertiary alicyclic amines) is 1. The first-order chi connectivity index (χ1) is 19.1. The number of amides is 2. The van der Waals surface area contributed by atoms with Crippen molar-refractivity contribution in [2.45, 2.75) is 38.0 Å². The summed E-state index contributed by atoms with van der Waals surface area (Å²) in [5.41, 5.74) is 1.67. The molecule has 0 radical (unpaired) electrons. The number of ether oxygens (including phenoxy) is 2. The fraction of sp³-hybridized carbons (Fsp3) is 0.387. The van der Waals surface area contributed by atoms with Gasteiger partial charge in [0.1, 0.15) is 6.10 Å². The zero-order valence-corrected chi connectivity index (χ0v) is 22.1. The van der Waals surface area contributed by atoms with Gasteiger partial charge in [0, 0.05) is 76.2 Å². The first-order valence-corrected chi connectivity index (χ1v) is 13.5. The van der Waals surface area contributed by atoms with Gasteiger partial charge in [-0.15, -0.1) is 0 Å². The summed E-state index contributed by atoms with van der Waals surface area (Å²) in [5.74, 6) is -0.0252. The SMILES string of the molecule is C#CN1CCC(OC(=O)N2CCN(C(=O)c3cccc4ccccc34)C[C@@H]2CCOCc2cccnc2)CC1. The maximum absolute atomic E-state index is 13.7. The van der Waals surface area contributed by atoms with Gasteiger partial charge in [-0.25, -0.2) is 4.79 Å². The van der Waals surface area contributed by atoms with Crippen LogP contribution in [0.3, 0.4) is 0 Å². The maximum Gasteiger partial charge on any atom is 0.410 e. The van der Waals surface area contributed by atoms with Crippen LogP contribution in [0.25, 0.3) is 10.8 Å². The quantitative estimate of drug-likeness (QED) is 0.340. The van der Waals surface area contributed by atoms with Crippen molar-refractivity contribution in [3.8, 4) is 12.5 Å². The molecule has 0 unspecified atom stereocenters. The van der Waals surface area contributed by atoms with Gasteiger partial charge in [-0.05, 0) is 34.9 Å². The number of benzene rings is 2. The fourth-order valence-corrected chi connectivity index (χ4v) is 5.32. The lowest BCUT2D eigenvalue weighted by molar-refractivity contribution is 0.00161. The molecule has 3 heterocycles. The van der Waals surface area contributed by atoms with Crippen LogP contribution in [0, 0.1) is 12.5 Å². The predicted molar refractivity (Wildman–Crippen MR) is 149 cm³/mol. The van der Waals surface area contributed by atoms with Gasteiger partial charge in [0.2, 0.25) is 0 Å². The number of nitrogens with zero attached hydrogens (tertiary/aromatic N) is 4. The molecule has 2 amide bonds. The zero-order valence-electron chi connectivity index (χ0n) is 22.1. The summed E-state index contributed by atoms with van der Waals surface area (Å²) in [5, 5.41) is 1.96. The molecule has 2 aliphatic heterocycles. The Hall–Kier alpha value is -4.09. The topological polar surface area (TPSA) is 75.2 Å². The van der Waals surface area contributed by atoms with Crippen LogP contribution in [0.5, 0.6) is 0 Å². The first-order valence-electron chi connectivity index (χ1n) is 13.5. The molecule has 0 saturated carbocycles. The molecule has 39 heavy (non-hydrogen) atoms. The minimum atomic E-state index is -0.330. The Morgan fingerprint density at radius 3 is 2.62 bits per heavy atom. The first kappa shape index (κ1) is 26.5. The highest BCUT2D eigenvalue weighted by atomic mass is 16.6. The highest BCUT2D eigenvalue weighted by Gasteiger charge is 2.35. The molecule has 5 rings (SSSR count). The lowest BCUT2D eigenvalue weighted by Gasteiger charge is -2.41. The van der Waals surface area contributed by atoms with Gasteiger partial charge in [-0.2, -0.15) is 0 Å². The van der Waals surface area contributed by atoms with Gasteiger partial charge in [-0.1, -0.05) is 48.9 Å². The van der Waals surface area contributed by atoms with E-state index in [0.29, 0.717) is 70.8 Å². The summed E-state index contributed by atoms with van der Waals surface area (Å²) in [6.45, 7) is 3.59. The molecule has 2 aliphatic rings. The summed E-state index contributed by atoms with van der Waals surface area (Å²) >= 11 is 0. The van der Waals surface area contributed by atoms with Crippen molar-refractivity contribution in [3.05, 3.63) is 78.1 Å². The highest BCUT2D eigenvalue weighted by molar-refractivity contribution is 6.07. The smallest absolute Gasteiger partial charge is 0.410 e. The molecule has 202 valence electrons. The van der Waals surface area contributed by atoms with E-state index in [1.807, 2.05) is 64.4 Å². The number of rotatable bonds is 7. The van der Waals surface area contributed by atoms with Gasteiger partial charge in [0.05, 0.1) is 12.6 Å². The number of aromatic nitrogens is 1. The third kappa shape index (κ3) is 6.50. The molecular weight excluding hydrogens is 492 g/mol. The number of carbonyl (C=O) groups is 2. The van der Waals surface area contributed by atoms with Crippen molar-refractivity contribution in [1.82, 2.24) is 19.7 Å². The van der Waals surface area contributed by atoms with E-state index in [4.69, 9.17) is 15.9 Å². The largest absolute Gasteiger partial charge is 0.446 e. The van der Waals surface area contributed by atoms with Crippen LogP contribution in [0.1, 0.15) is 35.2 Å². The number of piperazine rings is 1. The second kappa shape index (κ2) is 12.6. The van der Waals surface area contributed by atoms with Crippen LogP contribution < -0.4 is 0 Å². The lowest BCUT2D eigenvalue weighted by Crippen LogP contribution is -2.57. The molecule has 2 aromatic carbocycles. The molecule has 2 fully saturated rings. The maximum atomic E-state index is 13.7. The van der Waals surface area contributed by atoms with Crippen molar-refractivity contribution in [2.75, 3.05) is 39.3 Å². The van der Waals surface area contributed by atoms with Crippen LogP contribution in [0.2, 0.25) is 0 Å². The number of terminal acetylenes is 1. The highest BCUT2D eigenvalue weighted by Crippen LogP contribution is 2.24. The van der Waals surface area contributed by atoms with Gasteiger partial charge in [0.25, 0.3) is 5.91 Å². The number of fused-ring (bicyclic) bond motifs is 1. The van der Waals surface area contributed by atoms with Crippen molar-refractivity contribution in [3.63, 3.8) is 0 Å². The summed E-state index contributed by atoms with van der Waals surface area (Å²) in [6, 6.07) is 20.0. The van der Waals surface area contributed by atoms with E-state index >= 15 is 0 Å². The monoisotopic (exact) mass is 526 g/mol. The standard InChI is InChI=1S/C31H34N4O4/c1-2-33-16-12-27(13-17-33)39-31(37)35-19-18-34(22-26(35)14-20-38-23-24-7-6-15-32-21-24)30(36)29-11-5-9-25-8-3-4-10-28(25)29/h1,3-11,15,21,26-27H,12-14,16-20,22-23H2/t26-/m0/s1. The predicted octanol–water partition coefficient (Wildman–Crippen LogP) is 4.16. The number of pyridine rings is 1. The molecule has 1 atom stereocenters. The normalized spacial score (nSPS) is 18.1. The van der Waals surface area contributed by atoms with Gasteiger partial charge in [0.15, 0.2) is 0 Å². The van der Waals surface area contributed by atoms with Crippen molar-refractivity contribution >= 4 is 22.8 Å². The van der Waals surface area contributed by atoms with Gasteiger partial charge >= 0.3 is 6.09 Å². The molecule has 0 N–H and O–H groups in total. The Morgan fingerprint density at radius 1 is 1.00 bits per heavy atom. The van der Waals surface area contributed by atoms with Crippen LogP contribution >= 0.6 is 0 Å². The van der Waals surface area contributed by atoms with E-state index in [9.17, 15) is 9.59 Å². The Labute approximate surface area is 229 Å². The summed E-state index contributed by atoms with van der Waals surface area (Å²) in [6.07, 6.45) is 10.5. The Bertz CT molecular complexity index is 1310. The number of carbonyl (C=O) groups excluding carboxylic acids is 2. The molecule has 2 saturated heterocycles. The molecule has 3 aromatic rings. The second-order valence-corrected chi connectivity index (χ2v) is 10.0. The van der Waals surface area contributed by atoms with E-state index in [1.165, 1.54) is 0 Å². The minimum Gasteiger partial charge on any atom is -0.446 e. The van der Waals surface area contributed by atoms with Crippen LogP contribution in [-0.2, 0) is 16.1 Å². The van der Waals surface area contributed by atoms with E-state index in [-0.39, 0.29) is 24.1 Å². The summed E-state index contributed by atoms with van der Waals surface area (Å²) in [4.78, 5) is 36.6. The molecular formula is C31H34N4O4. The van der Waals surface area contributed by atoms with Crippen LogP contribution in [0.15, 0.2) is 67.0 Å². The average Bonchev–Trinajstić information content (AvgIpc) is 2.99. The molecule has 0 bridgehead atoms. The van der Waals surface area contributed by atoms with E-state index in [2.05, 4.69) is 11.0 Å². The average molecular weight is 527 g/mol. The van der Waals surface area contributed by atoms with Crippen LogP contribution in [0.4, 0.5) is 4.79 Å². The number of hydrogen-bond donors (Lipinski definition) is 0. The summed E-state index contributed by atoms with van der Waals surface area (Å²) in [7, 11) is 0. The number of piperidine rings is 1. The zero-order chi connectivity index (χ0) is 27.0. The van der Waals surface area contributed by atoms with E-state index in [0.717, 1.165) is 16.3 Å². The third-order valence-corrected chi connectivity index (χ3v) is 7.50. The minimum absolute atomic E-state index is 0.0252. The van der Waals surface area contributed by atoms with Crippen molar-refractivity contribution < 1.29 is 19.1 Å². The Balaban J connectivity index is 1.26. The molecule has 1 aromatic heterocycles. The fourth-order valence-electron chi connectivity index (χ4n) is 5.32. The van der Waals surface area contributed by atoms with Gasteiger partial charge in [-0.3, -0.25) is 9.78 Å². The van der Waals surface area contributed by atoms with Crippen molar-refractivity contribution in [1.29, 1.82) is 0 Å². The number of hydrogen-bond acceptors (Lipinski definition) is 6. The summed E-state index contributed by atoms with van der Waals surface area (Å²) < 4.78 is 11.8. The van der Waals surface area contributed by atoms with Gasteiger partial charge < -0.3 is 24.2 Å². The molecule has 0 spiro atoms. The van der Waals surface area contributed by atoms with Crippen molar-refractivity contribution in [2.24, 2.45) is 0 Å². The van der Waals surface area contributed by atoms with E-state index in [1.54, 1.807) is 17.3 Å². The molecule has 8 nitrogen and oxygen atoms in total.